The number of benzene rings is 3. The normalized spacial score (nSPS) is 11.6. The van der Waals surface area contributed by atoms with Crippen molar-refractivity contribution in [2.24, 2.45) is 5.14 Å². The quantitative estimate of drug-likeness (QED) is 0.196. The maximum atomic E-state index is 11.1. The number of para-hydroxylation sites is 1. The fourth-order valence-electron chi connectivity index (χ4n) is 2.82. The predicted octanol–water partition coefficient (Wildman–Crippen LogP) is 5.50. The molecule has 0 aliphatic carbocycles. The van der Waals surface area contributed by atoms with E-state index < -0.39 is 11.3 Å². The van der Waals surface area contributed by atoms with E-state index in [0.717, 1.165) is 18.8 Å². The second-order valence-electron chi connectivity index (χ2n) is 8.02. The number of nitrogens with one attached hydrogen (secondary N) is 1. The first-order chi connectivity index (χ1) is 19.0. The SMILES string of the molecule is CCC.CNC.NS(=O)[O-].O=C(S)c1cccc(N2CCCC2)c1.O=C(S)c1ccccc1.Oc1ccccc1. The molecule has 0 bridgehead atoms. The Kier molecular flexibility index (Phi) is 26.2. The van der Waals surface area contributed by atoms with Crippen LogP contribution in [0.5, 0.6) is 5.75 Å². The summed E-state index contributed by atoms with van der Waals surface area (Å²) in [6.07, 6.45) is 3.75. The summed E-state index contributed by atoms with van der Waals surface area (Å²) in [6, 6.07) is 25.3. The number of carbonyl (C=O) groups is 2. The third-order valence-electron chi connectivity index (χ3n) is 4.34. The van der Waals surface area contributed by atoms with Gasteiger partial charge in [0.05, 0.1) is 0 Å². The molecule has 1 atom stereocenters. The van der Waals surface area contributed by atoms with E-state index in [1.165, 1.54) is 19.3 Å². The Labute approximate surface area is 252 Å². The van der Waals surface area contributed by atoms with E-state index in [-0.39, 0.29) is 10.2 Å². The molecule has 1 aliphatic rings. The topological polar surface area (TPSA) is 136 Å². The third-order valence-corrected chi connectivity index (χ3v) is 4.86. The lowest BCUT2D eigenvalue weighted by molar-refractivity contribution is 0.108. The molecule has 3 aromatic carbocycles. The van der Waals surface area contributed by atoms with Crippen LogP contribution in [0, 0.1) is 0 Å². The standard InChI is InChI=1S/C11H13NOS.C7H6OS.C6H6O.C3H8.C2H7N.H3NO2S/c13-11(14)9-4-3-5-10(8-9)12-6-1-2-7-12;8-7(9)6-4-2-1-3-5-6;7-6-4-2-1-3-5-6;2*1-3-2;1-4(2)3/h3-5,8H,1-2,6-7H2,(H,13,14);1-5H,(H,8,9);1-5,7H;3H2,1-2H3;3H,1-2H3;1H2,(H,2,3)/p-1. The Hall–Kier alpha value is -2.67. The molecule has 0 radical (unpaired) electrons. The minimum atomic E-state index is -2.36. The summed E-state index contributed by atoms with van der Waals surface area (Å²) in [6.45, 7) is 6.45. The smallest absolute Gasteiger partial charge is 0.216 e. The van der Waals surface area contributed by atoms with Crippen molar-refractivity contribution in [1.82, 2.24) is 5.32 Å². The van der Waals surface area contributed by atoms with Gasteiger partial charge in [-0.05, 0) is 51.2 Å². The molecule has 1 fully saturated rings. The van der Waals surface area contributed by atoms with E-state index >= 15 is 0 Å². The van der Waals surface area contributed by atoms with Crippen molar-refractivity contribution in [3.8, 4) is 5.75 Å². The van der Waals surface area contributed by atoms with Gasteiger partial charge in [0, 0.05) is 41.2 Å². The van der Waals surface area contributed by atoms with Gasteiger partial charge in [0.2, 0.25) is 10.2 Å². The minimum Gasteiger partial charge on any atom is -0.760 e. The number of anilines is 1. The fourth-order valence-corrected chi connectivity index (χ4v) is 3.11. The summed E-state index contributed by atoms with van der Waals surface area (Å²) in [5.74, 6) is 0.322. The zero-order valence-electron chi connectivity index (χ0n) is 23.5. The molecule has 4 rings (SSSR count). The lowest BCUT2D eigenvalue weighted by Gasteiger charge is -2.17. The van der Waals surface area contributed by atoms with Crippen LogP contribution in [0.2, 0.25) is 0 Å². The molecule has 1 unspecified atom stereocenters. The number of nitrogens with two attached hydrogens (primary N) is 1. The van der Waals surface area contributed by atoms with E-state index in [2.05, 4.69) is 54.5 Å². The molecule has 0 spiro atoms. The van der Waals surface area contributed by atoms with Crippen molar-refractivity contribution in [3.05, 3.63) is 96.1 Å². The number of hydrogen-bond acceptors (Lipinski definition) is 7. The first kappa shape index (κ1) is 39.5. The Morgan fingerprint density at radius 1 is 0.875 bits per heavy atom. The van der Waals surface area contributed by atoms with E-state index in [0.29, 0.717) is 16.9 Å². The van der Waals surface area contributed by atoms with Crippen molar-refractivity contribution < 1.29 is 23.5 Å². The van der Waals surface area contributed by atoms with Gasteiger partial charge in [0.15, 0.2) is 0 Å². The molecule has 1 saturated heterocycles. The summed E-state index contributed by atoms with van der Waals surface area (Å²) in [5, 5.41) is 15.1. The molecule has 1 aliphatic heterocycles. The second-order valence-corrected chi connectivity index (χ2v) is 9.36. The molecule has 11 heteroatoms. The highest BCUT2D eigenvalue weighted by Crippen LogP contribution is 2.21. The maximum Gasteiger partial charge on any atom is 0.216 e. The molecular weight excluding hydrogens is 567 g/mol. The largest absolute Gasteiger partial charge is 0.760 e. The second kappa shape index (κ2) is 26.5. The van der Waals surface area contributed by atoms with Crippen LogP contribution < -0.4 is 15.4 Å². The summed E-state index contributed by atoms with van der Waals surface area (Å²) >= 11 is 5.11. The molecule has 40 heavy (non-hydrogen) atoms. The molecule has 1 heterocycles. The average Bonchev–Trinajstić information content (AvgIpc) is 3.46. The van der Waals surface area contributed by atoms with Crippen LogP contribution in [0.25, 0.3) is 0 Å². The first-order valence-corrected chi connectivity index (χ1v) is 14.6. The average molecular weight is 609 g/mol. The summed E-state index contributed by atoms with van der Waals surface area (Å²) < 4.78 is 17.6. The van der Waals surface area contributed by atoms with Gasteiger partial charge in [-0.3, -0.25) is 18.9 Å². The van der Waals surface area contributed by atoms with Crippen molar-refractivity contribution >= 4 is 52.4 Å². The van der Waals surface area contributed by atoms with Crippen molar-refractivity contribution in [1.29, 1.82) is 0 Å². The number of nitrogens with zero attached hydrogens (tertiary/aromatic N) is 1. The fraction of sp³-hybridized carbons (Fsp3) is 0.310. The molecule has 0 saturated carbocycles. The molecule has 0 amide bonds. The van der Waals surface area contributed by atoms with Crippen LogP contribution in [0.1, 0.15) is 53.8 Å². The third kappa shape index (κ3) is 23.2. The summed E-state index contributed by atoms with van der Waals surface area (Å²) in [5.41, 5.74) is 2.46. The van der Waals surface area contributed by atoms with Crippen molar-refractivity contribution in [2.75, 3.05) is 32.1 Å². The van der Waals surface area contributed by atoms with Gasteiger partial charge in [-0.25, -0.2) is 0 Å². The molecule has 4 N–H and O–H groups in total. The Bertz CT molecular complexity index is 1060. The van der Waals surface area contributed by atoms with Gasteiger partial charge in [-0.1, -0.05) is 80.9 Å². The molecule has 8 nitrogen and oxygen atoms in total. The van der Waals surface area contributed by atoms with Crippen LogP contribution in [0.15, 0.2) is 84.9 Å². The highest BCUT2D eigenvalue weighted by atomic mass is 32.2. The number of aromatic hydroxyl groups is 1. The number of rotatable bonds is 3. The zero-order valence-corrected chi connectivity index (χ0v) is 26.1. The molecule has 222 valence electrons. The highest BCUT2D eigenvalue weighted by Gasteiger charge is 2.12. The van der Waals surface area contributed by atoms with Crippen LogP contribution in [0.4, 0.5) is 5.69 Å². The number of phenolic OH excluding ortho intramolecular Hbond substituents is 1. The van der Waals surface area contributed by atoms with Crippen LogP contribution >= 0.6 is 25.3 Å². The van der Waals surface area contributed by atoms with Gasteiger partial charge < -0.3 is 19.9 Å². The number of hydrogen-bond donors (Lipinski definition) is 5. The summed E-state index contributed by atoms with van der Waals surface area (Å²) in [4.78, 5) is 23.9. The monoisotopic (exact) mass is 608 g/mol. The first-order valence-electron chi connectivity index (χ1n) is 12.6. The maximum absolute atomic E-state index is 11.1. The van der Waals surface area contributed by atoms with E-state index in [9.17, 15) is 9.59 Å². The van der Waals surface area contributed by atoms with E-state index in [1.54, 1.807) is 42.5 Å². The Morgan fingerprint density at radius 3 is 1.57 bits per heavy atom. The van der Waals surface area contributed by atoms with Crippen LogP contribution in [0.3, 0.4) is 0 Å². The van der Waals surface area contributed by atoms with Gasteiger partial charge >= 0.3 is 0 Å². The molecule has 0 aromatic heterocycles. The molecule has 3 aromatic rings. The highest BCUT2D eigenvalue weighted by molar-refractivity contribution is 7.97. The van der Waals surface area contributed by atoms with Gasteiger partial charge in [0.1, 0.15) is 5.75 Å². The number of phenols is 1. The summed E-state index contributed by atoms with van der Waals surface area (Å²) in [7, 11) is 3.75. The Morgan fingerprint density at radius 2 is 1.25 bits per heavy atom. The minimum absolute atomic E-state index is 0.161. The van der Waals surface area contributed by atoms with Gasteiger partial charge in [0.25, 0.3) is 0 Å². The van der Waals surface area contributed by atoms with Crippen LogP contribution in [-0.4, -0.2) is 51.3 Å². The zero-order chi connectivity index (χ0) is 30.8. The van der Waals surface area contributed by atoms with Crippen LogP contribution in [-0.2, 0) is 11.3 Å². The Balaban J connectivity index is 0. The van der Waals surface area contributed by atoms with Gasteiger partial charge in [-0.2, -0.15) is 0 Å². The lowest BCUT2D eigenvalue weighted by atomic mass is 10.2. The van der Waals surface area contributed by atoms with Crippen molar-refractivity contribution in [3.63, 3.8) is 0 Å². The van der Waals surface area contributed by atoms with E-state index in [4.69, 9.17) is 13.9 Å². The van der Waals surface area contributed by atoms with E-state index in [1.807, 2.05) is 56.6 Å². The number of thiol groups is 2. The molecular formula is C29H42N3O5S3-. The lowest BCUT2D eigenvalue weighted by Crippen LogP contribution is -2.17. The van der Waals surface area contributed by atoms with Gasteiger partial charge in [-0.15, -0.1) is 25.3 Å². The predicted molar refractivity (Wildman–Crippen MR) is 173 cm³/mol. The number of carbonyl (C=O) groups excluding carboxylic acids is 2. The van der Waals surface area contributed by atoms with Crippen molar-refractivity contribution in [2.45, 2.75) is 33.1 Å².